The van der Waals surface area contributed by atoms with Crippen LogP contribution < -0.4 is 0 Å². The highest BCUT2D eigenvalue weighted by atomic mass is 32.2. The number of fused-ring (bicyclic) bond motifs is 2. The highest BCUT2D eigenvalue weighted by molar-refractivity contribution is 7.89. The summed E-state index contributed by atoms with van der Waals surface area (Å²) in [6, 6.07) is 14.9. The number of rotatable bonds is 3. The number of nitrogens with zero attached hydrogens (tertiary/aromatic N) is 3. The van der Waals surface area contributed by atoms with Crippen LogP contribution in [0.25, 0.3) is 21.1 Å². The molecule has 5 rings (SSSR count). The maximum atomic E-state index is 13.6. The zero-order chi connectivity index (χ0) is 19.3. The van der Waals surface area contributed by atoms with Gasteiger partial charge in [-0.25, -0.2) is 13.4 Å². The van der Waals surface area contributed by atoms with Gasteiger partial charge in [-0.1, -0.05) is 18.2 Å². The third kappa shape index (κ3) is 2.73. The maximum absolute atomic E-state index is 13.6. The number of hydrogen-bond acceptors (Lipinski definition) is 5. The van der Waals surface area contributed by atoms with Crippen LogP contribution in [-0.4, -0.2) is 29.2 Å². The lowest BCUT2D eigenvalue weighted by molar-refractivity contribution is 0.396. The quantitative estimate of drug-likeness (QED) is 0.493. The molecule has 2 aromatic heterocycles. The van der Waals surface area contributed by atoms with Crippen molar-refractivity contribution in [1.82, 2.24) is 14.3 Å². The second-order valence-corrected chi connectivity index (χ2v) is 9.99. The molecule has 0 bridgehead atoms. The Morgan fingerprint density at radius 2 is 1.96 bits per heavy atom. The summed E-state index contributed by atoms with van der Waals surface area (Å²) in [5.74, 6) is 0. The molecule has 1 saturated heterocycles. The largest absolute Gasteiger partial charge is 0.256 e. The first-order valence-electron chi connectivity index (χ1n) is 9.27. The topological polar surface area (TPSA) is 63.2 Å². The van der Waals surface area contributed by atoms with E-state index in [1.165, 1.54) is 0 Å². The van der Waals surface area contributed by atoms with Crippen molar-refractivity contribution in [2.75, 3.05) is 6.54 Å². The van der Waals surface area contributed by atoms with Crippen molar-refractivity contribution in [1.29, 1.82) is 0 Å². The van der Waals surface area contributed by atoms with Crippen LogP contribution in [0.4, 0.5) is 0 Å². The molecule has 0 amide bonds. The molecule has 1 unspecified atom stereocenters. The Kier molecular flexibility index (Phi) is 4.19. The van der Waals surface area contributed by atoms with E-state index in [0.717, 1.165) is 39.1 Å². The van der Waals surface area contributed by atoms with Crippen LogP contribution in [0, 0.1) is 6.92 Å². The maximum Gasteiger partial charge on any atom is 0.244 e. The number of para-hydroxylation sites is 1. The first-order valence-corrected chi connectivity index (χ1v) is 11.5. The van der Waals surface area contributed by atoms with E-state index in [9.17, 15) is 8.42 Å². The smallest absolute Gasteiger partial charge is 0.244 e. The molecule has 3 heterocycles. The molecule has 28 heavy (non-hydrogen) atoms. The molecule has 142 valence electrons. The Hall–Kier alpha value is -2.35. The van der Waals surface area contributed by atoms with Gasteiger partial charge in [0.25, 0.3) is 0 Å². The Morgan fingerprint density at radius 3 is 2.82 bits per heavy atom. The van der Waals surface area contributed by atoms with Crippen molar-refractivity contribution in [3.05, 3.63) is 65.3 Å². The minimum atomic E-state index is -3.66. The molecule has 5 nitrogen and oxygen atoms in total. The molecule has 0 saturated carbocycles. The average molecular weight is 410 g/mol. The Morgan fingerprint density at radius 1 is 1.11 bits per heavy atom. The minimum Gasteiger partial charge on any atom is -0.256 e. The molecule has 1 atom stereocenters. The van der Waals surface area contributed by atoms with Crippen molar-refractivity contribution < 1.29 is 8.42 Å². The molecular weight excluding hydrogens is 390 g/mol. The van der Waals surface area contributed by atoms with E-state index in [2.05, 4.69) is 4.98 Å². The summed E-state index contributed by atoms with van der Waals surface area (Å²) in [5.41, 5.74) is 2.63. The molecule has 0 spiro atoms. The van der Waals surface area contributed by atoms with Gasteiger partial charge >= 0.3 is 0 Å². The molecule has 1 aliphatic heterocycles. The number of benzene rings is 2. The van der Waals surface area contributed by atoms with Gasteiger partial charge in [-0.15, -0.1) is 11.3 Å². The van der Waals surface area contributed by atoms with E-state index in [0.29, 0.717) is 16.8 Å². The average Bonchev–Trinajstić information content (AvgIpc) is 3.35. The predicted octanol–water partition coefficient (Wildman–Crippen LogP) is 4.68. The molecule has 2 aromatic carbocycles. The van der Waals surface area contributed by atoms with Gasteiger partial charge in [-0.3, -0.25) is 4.98 Å². The van der Waals surface area contributed by atoms with Gasteiger partial charge in [0.15, 0.2) is 0 Å². The van der Waals surface area contributed by atoms with E-state index >= 15 is 0 Å². The molecule has 1 aliphatic rings. The van der Waals surface area contributed by atoms with Gasteiger partial charge in [-0.05, 0) is 55.7 Å². The van der Waals surface area contributed by atoms with E-state index < -0.39 is 10.0 Å². The molecule has 0 N–H and O–H groups in total. The SMILES string of the molecule is Cc1ccc(S(=O)(=O)N2CCCC2c2nc3ccccc3s2)c2cccnc12. The lowest BCUT2D eigenvalue weighted by Crippen LogP contribution is -2.30. The summed E-state index contributed by atoms with van der Waals surface area (Å²) < 4.78 is 30.0. The summed E-state index contributed by atoms with van der Waals surface area (Å²) >= 11 is 1.59. The summed E-state index contributed by atoms with van der Waals surface area (Å²) in [5, 5.41) is 1.55. The van der Waals surface area contributed by atoms with Gasteiger partial charge in [0.2, 0.25) is 10.0 Å². The van der Waals surface area contributed by atoms with Crippen molar-refractivity contribution in [2.24, 2.45) is 0 Å². The number of hydrogen-bond donors (Lipinski definition) is 0. The van der Waals surface area contributed by atoms with Gasteiger partial charge in [-0.2, -0.15) is 4.31 Å². The fraction of sp³-hybridized carbons (Fsp3) is 0.238. The van der Waals surface area contributed by atoms with E-state index in [1.807, 2.05) is 43.3 Å². The highest BCUT2D eigenvalue weighted by Crippen LogP contribution is 2.40. The predicted molar refractivity (Wildman–Crippen MR) is 112 cm³/mol. The molecule has 1 fully saturated rings. The van der Waals surface area contributed by atoms with E-state index in [1.54, 1.807) is 34.0 Å². The molecule has 4 aromatic rings. The van der Waals surface area contributed by atoms with Gasteiger partial charge in [0.05, 0.1) is 26.7 Å². The van der Waals surface area contributed by atoms with Crippen molar-refractivity contribution >= 4 is 42.5 Å². The Bertz CT molecular complexity index is 1260. The summed E-state index contributed by atoms with van der Waals surface area (Å²) in [4.78, 5) is 9.45. The van der Waals surface area contributed by atoms with Crippen LogP contribution in [-0.2, 0) is 10.0 Å². The monoisotopic (exact) mass is 409 g/mol. The van der Waals surface area contributed by atoms with Gasteiger partial charge < -0.3 is 0 Å². The normalized spacial score (nSPS) is 18.2. The second-order valence-electron chi connectivity index (χ2n) is 7.07. The van der Waals surface area contributed by atoms with Crippen molar-refractivity contribution in [2.45, 2.75) is 30.7 Å². The molecule has 0 radical (unpaired) electrons. The number of sulfonamides is 1. The highest BCUT2D eigenvalue weighted by Gasteiger charge is 2.38. The summed E-state index contributed by atoms with van der Waals surface area (Å²) in [6.45, 7) is 2.46. The lowest BCUT2D eigenvalue weighted by atomic mass is 10.1. The van der Waals surface area contributed by atoms with E-state index in [4.69, 9.17) is 4.98 Å². The fourth-order valence-electron chi connectivity index (χ4n) is 3.95. The summed E-state index contributed by atoms with van der Waals surface area (Å²) in [7, 11) is -3.66. The van der Waals surface area contributed by atoms with Crippen LogP contribution in [0.1, 0.15) is 29.5 Å². The van der Waals surface area contributed by atoms with Crippen LogP contribution in [0.2, 0.25) is 0 Å². The Balaban J connectivity index is 1.62. The third-order valence-electron chi connectivity index (χ3n) is 5.32. The Labute approximate surface area is 167 Å². The number of pyridine rings is 1. The van der Waals surface area contributed by atoms with Crippen molar-refractivity contribution in [3.8, 4) is 0 Å². The number of aromatic nitrogens is 2. The molecule has 7 heteroatoms. The standard InChI is InChI=1S/C21H19N3O2S2/c1-14-10-11-19(15-6-4-12-22-20(14)15)28(25,26)24-13-5-8-17(24)21-23-16-7-2-3-9-18(16)27-21/h2-4,6-7,9-12,17H,5,8,13H2,1H3. The van der Waals surface area contributed by atoms with Gasteiger partial charge in [0.1, 0.15) is 5.01 Å². The van der Waals surface area contributed by atoms with Crippen LogP contribution in [0.3, 0.4) is 0 Å². The van der Waals surface area contributed by atoms with Gasteiger partial charge in [0, 0.05) is 18.1 Å². The van der Waals surface area contributed by atoms with Crippen molar-refractivity contribution in [3.63, 3.8) is 0 Å². The lowest BCUT2D eigenvalue weighted by Gasteiger charge is -2.23. The minimum absolute atomic E-state index is 0.213. The third-order valence-corrected chi connectivity index (χ3v) is 8.42. The second kappa shape index (κ2) is 6.62. The van der Waals surface area contributed by atoms with Crippen LogP contribution in [0.5, 0.6) is 0 Å². The van der Waals surface area contributed by atoms with E-state index in [-0.39, 0.29) is 6.04 Å². The zero-order valence-corrected chi connectivity index (χ0v) is 17.0. The van der Waals surface area contributed by atoms with Crippen LogP contribution in [0.15, 0.2) is 59.6 Å². The molecule has 0 aliphatic carbocycles. The molecular formula is C21H19N3O2S2. The first-order chi connectivity index (χ1) is 13.6. The number of thiazole rings is 1. The number of aryl methyl sites for hydroxylation is 1. The van der Waals surface area contributed by atoms with Crippen LogP contribution >= 0.6 is 11.3 Å². The zero-order valence-electron chi connectivity index (χ0n) is 15.4. The first kappa shape index (κ1) is 17.7. The summed E-state index contributed by atoms with van der Waals surface area (Å²) in [6.07, 6.45) is 3.33. The fourth-order valence-corrected chi connectivity index (χ4v) is 6.97.